The molecule has 0 spiro atoms. The fourth-order valence-electron chi connectivity index (χ4n) is 0.647. The van der Waals surface area contributed by atoms with Crippen molar-refractivity contribution in [3.05, 3.63) is 12.3 Å². The van der Waals surface area contributed by atoms with Gasteiger partial charge in [0.2, 0.25) is 0 Å². The van der Waals surface area contributed by atoms with Crippen LogP contribution in [0.5, 0.6) is 0 Å². The van der Waals surface area contributed by atoms with Crippen LogP contribution in [0, 0.1) is 0 Å². The molecule has 2 heteroatoms. The smallest absolute Gasteiger partial charge is 0.0112 e. The van der Waals surface area contributed by atoms with Crippen LogP contribution in [-0.2, 0) is 0 Å². The van der Waals surface area contributed by atoms with Crippen molar-refractivity contribution in [3.8, 4) is 0 Å². The van der Waals surface area contributed by atoms with E-state index in [1.807, 2.05) is 6.20 Å². The fourth-order valence-corrected chi connectivity index (χ4v) is 0.647. The summed E-state index contributed by atoms with van der Waals surface area (Å²) in [5, 5.41) is 6.36. The van der Waals surface area contributed by atoms with Crippen molar-refractivity contribution in [3.63, 3.8) is 0 Å². The number of rotatable bonds is 6. The molecular formula is C8H18N2. The standard InChI is InChI=1S/C8H18N2/c1-3-9-7-5-6-8-10-4-2/h5,7,9-10H,3-4,6,8H2,1-2H3/b7-5-. The van der Waals surface area contributed by atoms with Crippen LogP contribution in [0.4, 0.5) is 0 Å². The minimum absolute atomic E-state index is 1.01. The van der Waals surface area contributed by atoms with E-state index in [4.69, 9.17) is 0 Å². The molecule has 0 aliphatic rings. The molecular weight excluding hydrogens is 124 g/mol. The first-order chi connectivity index (χ1) is 4.91. The molecule has 0 rings (SSSR count). The molecule has 0 bridgehead atoms. The number of nitrogens with one attached hydrogen (secondary N) is 2. The largest absolute Gasteiger partial charge is 0.391 e. The number of hydrogen-bond acceptors (Lipinski definition) is 2. The molecule has 0 aliphatic carbocycles. The van der Waals surface area contributed by atoms with Gasteiger partial charge >= 0.3 is 0 Å². The lowest BCUT2D eigenvalue weighted by atomic mass is 10.4. The Balaban J connectivity index is 2.88. The maximum atomic E-state index is 3.25. The van der Waals surface area contributed by atoms with Crippen LogP contribution < -0.4 is 10.6 Å². The highest BCUT2D eigenvalue weighted by molar-refractivity contribution is 4.79. The average molecular weight is 142 g/mol. The lowest BCUT2D eigenvalue weighted by Gasteiger charge is -1.95. The van der Waals surface area contributed by atoms with Gasteiger partial charge in [0.15, 0.2) is 0 Å². The summed E-state index contributed by atoms with van der Waals surface area (Å²) >= 11 is 0. The molecule has 0 aromatic carbocycles. The molecule has 0 fully saturated rings. The van der Waals surface area contributed by atoms with Gasteiger partial charge < -0.3 is 10.6 Å². The summed E-state index contributed by atoms with van der Waals surface area (Å²) in [5.41, 5.74) is 0. The first-order valence-electron chi connectivity index (χ1n) is 4.01. The molecule has 0 aliphatic heterocycles. The first-order valence-corrected chi connectivity index (χ1v) is 4.01. The van der Waals surface area contributed by atoms with Crippen LogP contribution in [0.2, 0.25) is 0 Å². The Morgan fingerprint density at radius 3 is 2.60 bits per heavy atom. The van der Waals surface area contributed by atoms with Crippen LogP contribution >= 0.6 is 0 Å². The maximum Gasteiger partial charge on any atom is 0.0112 e. The highest BCUT2D eigenvalue weighted by atomic mass is 14.8. The fraction of sp³-hybridized carbons (Fsp3) is 0.750. The Bertz CT molecular complexity index is 79.3. The third-order valence-electron chi connectivity index (χ3n) is 1.18. The van der Waals surface area contributed by atoms with Crippen LogP contribution in [0.25, 0.3) is 0 Å². The van der Waals surface area contributed by atoms with Gasteiger partial charge in [-0.25, -0.2) is 0 Å². The zero-order valence-electron chi connectivity index (χ0n) is 6.98. The summed E-state index contributed by atoms with van der Waals surface area (Å²) in [5.74, 6) is 0. The van der Waals surface area contributed by atoms with E-state index < -0.39 is 0 Å². The summed E-state index contributed by atoms with van der Waals surface area (Å²) < 4.78 is 0. The van der Waals surface area contributed by atoms with Gasteiger partial charge in [-0.3, -0.25) is 0 Å². The van der Waals surface area contributed by atoms with Crippen molar-refractivity contribution in [1.29, 1.82) is 0 Å². The van der Waals surface area contributed by atoms with Crippen molar-refractivity contribution in [2.75, 3.05) is 19.6 Å². The summed E-state index contributed by atoms with van der Waals surface area (Å²) in [6.07, 6.45) is 5.27. The van der Waals surface area contributed by atoms with Crippen LogP contribution in [0.3, 0.4) is 0 Å². The number of hydrogen-bond donors (Lipinski definition) is 2. The zero-order chi connectivity index (χ0) is 7.66. The molecule has 0 aromatic rings. The van der Waals surface area contributed by atoms with Gasteiger partial charge in [0, 0.05) is 6.54 Å². The lowest BCUT2D eigenvalue weighted by Crippen LogP contribution is -2.13. The molecule has 0 saturated carbocycles. The predicted molar refractivity (Wildman–Crippen MR) is 46.0 cm³/mol. The zero-order valence-corrected chi connectivity index (χ0v) is 6.98. The lowest BCUT2D eigenvalue weighted by molar-refractivity contribution is 0.724. The average Bonchev–Trinajstić information content (AvgIpc) is 1.97. The molecule has 0 heterocycles. The molecule has 0 radical (unpaired) electrons. The molecule has 0 aromatic heterocycles. The van der Waals surface area contributed by atoms with E-state index in [1.54, 1.807) is 0 Å². The second kappa shape index (κ2) is 8.50. The predicted octanol–water partition coefficient (Wildman–Crippen LogP) is 1.11. The molecule has 60 valence electrons. The molecule has 2 N–H and O–H groups in total. The SMILES string of the molecule is CCN/C=C\CCNCC. The Morgan fingerprint density at radius 1 is 1.20 bits per heavy atom. The maximum absolute atomic E-state index is 3.25. The third-order valence-corrected chi connectivity index (χ3v) is 1.18. The molecule has 10 heavy (non-hydrogen) atoms. The highest BCUT2D eigenvalue weighted by Crippen LogP contribution is 1.77. The van der Waals surface area contributed by atoms with Crippen molar-refractivity contribution < 1.29 is 0 Å². The van der Waals surface area contributed by atoms with Crippen molar-refractivity contribution in [1.82, 2.24) is 10.6 Å². The van der Waals surface area contributed by atoms with Crippen molar-refractivity contribution >= 4 is 0 Å². The van der Waals surface area contributed by atoms with Crippen LogP contribution in [-0.4, -0.2) is 19.6 Å². The summed E-state index contributed by atoms with van der Waals surface area (Å²) in [4.78, 5) is 0. The van der Waals surface area contributed by atoms with E-state index in [0.717, 1.165) is 26.1 Å². The van der Waals surface area contributed by atoms with E-state index in [9.17, 15) is 0 Å². The second-order valence-corrected chi connectivity index (χ2v) is 2.10. The first kappa shape index (κ1) is 9.50. The highest BCUT2D eigenvalue weighted by Gasteiger charge is 1.77. The Kier molecular flexibility index (Phi) is 8.07. The van der Waals surface area contributed by atoms with Gasteiger partial charge in [-0.15, -0.1) is 0 Å². The van der Waals surface area contributed by atoms with Gasteiger partial charge in [0.1, 0.15) is 0 Å². The summed E-state index contributed by atoms with van der Waals surface area (Å²) in [6, 6.07) is 0. The summed E-state index contributed by atoms with van der Waals surface area (Å²) in [6.45, 7) is 7.37. The Morgan fingerprint density at radius 2 is 2.00 bits per heavy atom. The second-order valence-electron chi connectivity index (χ2n) is 2.10. The van der Waals surface area contributed by atoms with Crippen molar-refractivity contribution in [2.45, 2.75) is 20.3 Å². The topological polar surface area (TPSA) is 24.1 Å². The van der Waals surface area contributed by atoms with E-state index in [2.05, 4.69) is 30.6 Å². The molecule has 2 nitrogen and oxygen atoms in total. The van der Waals surface area contributed by atoms with Gasteiger partial charge in [0.05, 0.1) is 0 Å². The quantitative estimate of drug-likeness (QED) is 0.543. The van der Waals surface area contributed by atoms with Crippen LogP contribution in [0.15, 0.2) is 12.3 Å². The van der Waals surface area contributed by atoms with E-state index in [-0.39, 0.29) is 0 Å². The van der Waals surface area contributed by atoms with Gasteiger partial charge in [-0.05, 0) is 32.6 Å². The van der Waals surface area contributed by atoms with Gasteiger partial charge in [-0.1, -0.05) is 13.0 Å². The minimum Gasteiger partial charge on any atom is -0.391 e. The van der Waals surface area contributed by atoms with Gasteiger partial charge in [-0.2, -0.15) is 0 Å². The van der Waals surface area contributed by atoms with Crippen molar-refractivity contribution in [2.24, 2.45) is 0 Å². The molecule has 0 atom stereocenters. The normalized spacial score (nSPS) is 10.6. The van der Waals surface area contributed by atoms with Gasteiger partial charge in [0.25, 0.3) is 0 Å². The van der Waals surface area contributed by atoms with Crippen LogP contribution in [0.1, 0.15) is 20.3 Å². The minimum atomic E-state index is 1.01. The molecule has 0 saturated heterocycles. The summed E-state index contributed by atoms with van der Waals surface area (Å²) in [7, 11) is 0. The monoisotopic (exact) mass is 142 g/mol. The third kappa shape index (κ3) is 7.50. The van der Waals surface area contributed by atoms with E-state index >= 15 is 0 Å². The Labute approximate surface area is 63.7 Å². The molecule has 0 amide bonds. The van der Waals surface area contributed by atoms with E-state index in [1.165, 1.54) is 0 Å². The van der Waals surface area contributed by atoms with E-state index in [0.29, 0.717) is 0 Å². The Hall–Kier alpha value is -0.500. The molecule has 0 unspecified atom stereocenters.